The normalized spacial score (nSPS) is 27.2. The molecule has 0 heteroatoms. The Morgan fingerprint density at radius 1 is 0.810 bits per heavy atom. The van der Waals surface area contributed by atoms with Crippen molar-refractivity contribution in [3.8, 4) is 0 Å². The molecule has 3 unspecified atom stereocenters. The lowest BCUT2D eigenvalue weighted by Crippen LogP contribution is -2.28. The van der Waals surface area contributed by atoms with Gasteiger partial charge in [-0.2, -0.15) is 0 Å². The number of fused-ring (bicyclic) bond motifs is 1. The summed E-state index contributed by atoms with van der Waals surface area (Å²) in [4.78, 5) is 0. The molecule has 208 valence electrons. The molecule has 0 radical (unpaired) electrons. The number of benzene rings is 2. The first-order valence-electron chi connectivity index (χ1n) is 14.9. The van der Waals surface area contributed by atoms with Crippen molar-refractivity contribution in [1.82, 2.24) is 0 Å². The van der Waals surface area contributed by atoms with Crippen LogP contribution in [0.1, 0.15) is 25.8 Å². The van der Waals surface area contributed by atoms with E-state index in [1.54, 1.807) is 0 Å². The zero-order valence-electron chi connectivity index (χ0n) is 24.8. The monoisotopic (exact) mass is 544 g/mol. The first-order valence-corrected chi connectivity index (χ1v) is 14.9. The summed E-state index contributed by atoms with van der Waals surface area (Å²) in [5.74, 6) is 0.616. The van der Waals surface area contributed by atoms with Gasteiger partial charge in [0.2, 0.25) is 0 Å². The quantitative estimate of drug-likeness (QED) is 0.318. The van der Waals surface area contributed by atoms with Gasteiger partial charge in [-0.15, -0.1) is 0 Å². The van der Waals surface area contributed by atoms with Crippen LogP contribution < -0.4 is 10.4 Å². The SMILES string of the molecule is C=C/C=C(\C=C)C1C=C(c2ccccc2)C=C(\C2=C/C=C\C=C/C=C(\C(C)=c3/cccc/c3=C/C)C3C=CC=CC23)C1. The molecule has 2 aromatic carbocycles. The summed E-state index contributed by atoms with van der Waals surface area (Å²) in [6, 6.07) is 19.4. The zero-order chi connectivity index (χ0) is 29.3. The summed E-state index contributed by atoms with van der Waals surface area (Å²) in [6.07, 6.45) is 36.3. The molecule has 0 bridgehead atoms. The Morgan fingerprint density at radius 3 is 2.26 bits per heavy atom. The Balaban J connectivity index is 1.67. The third kappa shape index (κ3) is 6.29. The van der Waals surface area contributed by atoms with Crippen LogP contribution in [0.15, 0.2) is 181 Å². The lowest BCUT2D eigenvalue weighted by molar-refractivity contribution is 0.605. The van der Waals surface area contributed by atoms with E-state index >= 15 is 0 Å². The van der Waals surface area contributed by atoms with Crippen molar-refractivity contribution in [2.75, 3.05) is 0 Å². The maximum Gasteiger partial charge on any atom is 0.0128 e. The molecule has 3 aliphatic carbocycles. The molecule has 0 heterocycles. The van der Waals surface area contributed by atoms with Crippen molar-refractivity contribution in [2.45, 2.75) is 20.3 Å². The third-order valence-electron chi connectivity index (χ3n) is 8.45. The van der Waals surface area contributed by atoms with Gasteiger partial charge in [0.25, 0.3) is 0 Å². The molecule has 0 fully saturated rings. The van der Waals surface area contributed by atoms with Gasteiger partial charge in [0.05, 0.1) is 0 Å². The highest BCUT2D eigenvalue weighted by Crippen LogP contribution is 2.43. The molecule has 2 aromatic rings. The van der Waals surface area contributed by atoms with Crippen molar-refractivity contribution < 1.29 is 0 Å². The first-order chi connectivity index (χ1) is 20.6. The van der Waals surface area contributed by atoms with Gasteiger partial charge in [0, 0.05) is 17.8 Å². The topological polar surface area (TPSA) is 0 Å². The van der Waals surface area contributed by atoms with Gasteiger partial charge in [-0.1, -0.05) is 165 Å². The average Bonchev–Trinajstić information content (AvgIpc) is 3.05. The Kier molecular flexibility index (Phi) is 9.47. The zero-order valence-corrected chi connectivity index (χ0v) is 24.8. The van der Waals surface area contributed by atoms with Crippen molar-refractivity contribution >= 4 is 17.2 Å². The predicted octanol–water partition coefficient (Wildman–Crippen LogP) is 9.32. The van der Waals surface area contributed by atoms with E-state index in [0.717, 1.165) is 6.42 Å². The largest absolute Gasteiger partial charge is 0.0991 e. The summed E-state index contributed by atoms with van der Waals surface area (Å²) < 4.78 is 0. The Labute approximate surface area is 251 Å². The molecular weight excluding hydrogens is 504 g/mol. The standard InChI is InChI=1S/C42H40/c1-5-19-32(6-2)35-28-36(34-21-11-10-12-22-34)30-37(29-35)40-25-14-9-8-13-24-39(41-26-17-18-27-42(40)41)31(4)38-23-16-15-20-33(38)7-3/h5-28,30,35,41-42H,1-2,29H2,3-4H3/b13-8-,14-9-,32-19+,33-7-,38-31+,39-24+,40-25+. The molecule has 0 N–H and O–H groups in total. The summed E-state index contributed by atoms with van der Waals surface area (Å²) in [5.41, 5.74) is 9.05. The van der Waals surface area contributed by atoms with Crippen molar-refractivity contribution in [1.29, 1.82) is 0 Å². The fourth-order valence-corrected chi connectivity index (χ4v) is 6.32. The van der Waals surface area contributed by atoms with Gasteiger partial charge in [-0.05, 0) is 69.7 Å². The van der Waals surface area contributed by atoms with Crippen LogP contribution in [0.5, 0.6) is 0 Å². The molecule has 0 saturated carbocycles. The minimum Gasteiger partial charge on any atom is -0.0991 e. The van der Waals surface area contributed by atoms with E-state index in [1.165, 1.54) is 49.4 Å². The molecule has 3 atom stereocenters. The lowest BCUT2D eigenvalue weighted by Gasteiger charge is -2.33. The molecule has 42 heavy (non-hydrogen) atoms. The van der Waals surface area contributed by atoms with Gasteiger partial charge >= 0.3 is 0 Å². The minimum atomic E-state index is 0.197. The van der Waals surface area contributed by atoms with Gasteiger partial charge in [0.15, 0.2) is 0 Å². The minimum absolute atomic E-state index is 0.197. The number of rotatable bonds is 6. The predicted molar refractivity (Wildman–Crippen MR) is 184 cm³/mol. The van der Waals surface area contributed by atoms with Crippen molar-refractivity contribution in [2.24, 2.45) is 17.8 Å². The van der Waals surface area contributed by atoms with Gasteiger partial charge in [-0.3, -0.25) is 0 Å². The summed E-state index contributed by atoms with van der Waals surface area (Å²) in [7, 11) is 0. The van der Waals surface area contributed by atoms with Crippen LogP contribution in [0.25, 0.3) is 17.2 Å². The van der Waals surface area contributed by atoms with Crippen molar-refractivity contribution in [3.05, 3.63) is 197 Å². The molecule has 3 aliphatic rings. The van der Waals surface area contributed by atoms with Crippen LogP contribution in [-0.4, -0.2) is 0 Å². The van der Waals surface area contributed by atoms with Gasteiger partial charge in [0.1, 0.15) is 0 Å². The Morgan fingerprint density at radius 2 is 1.52 bits per heavy atom. The first kappa shape index (κ1) is 28.8. The average molecular weight is 545 g/mol. The maximum absolute atomic E-state index is 4.15. The van der Waals surface area contributed by atoms with E-state index in [4.69, 9.17) is 0 Å². The number of hydrogen-bond acceptors (Lipinski definition) is 0. The second-order valence-corrected chi connectivity index (χ2v) is 10.9. The smallest absolute Gasteiger partial charge is 0.0128 e. The Hall–Kier alpha value is -4.68. The van der Waals surface area contributed by atoms with Crippen LogP contribution in [-0.2, 0) is 0 Å². The fraction of sp³-hybridized carbons (Fsp3) is 0.143. The van der Waals surface area contributed by atoms with E-state index in [1.807, 2.05) is 12.2 Å². The second kappa shape index (κ2) is 13.8. The molecule has 5 rings (SSSR count). The van der Waals surface area contributed by atoms with E-state index in [0.29, 0.717) is 0 Å². The fourth-order valence-electron chi connectivity index (χ4n) is 6.32. The summed E-state index contributed by atoms with van der Waals surface area (Å²) in [6.45, 7) is 12.5. The van der Waals surface area contributed by atoms with E-state index in [9.17, 15) is 0 Å². The maximum atomic E-state index is 4.15. The molecule has 0 aliphatic heterocycles. The van der Waals surface area contributed by atoms with E-state index in [-0.39, 0.29) is 17.8 Å². The molecular formula is C42H40. The molecule has 0 nitrogen and oxygen atoms in total. The Bertz CT molecular complexity index is 1730. The van der Waals surface area contributed by atoms with Crippen molar-refractivity contribution in [3.63, 3.8) is 0 Å². The highest BCUT2D eigenvalue weighted by Gasteiger charge is 2.30. The number of allylic oxidation sites excluding steroid dienone is 20. The van der Waals surface area contributed by atoms with Crippen LogP contribution in [0.2, 0.25) is 0 Å². The van der Waals surface area contributed by atoms with Crippen LogP contribution >= 0.6 is 0 Å². The molecule has 0 spiro atoms. The second-order valence-electron chi connectivity index (χ2n) is 10.9. The summed E-state index contributed by atoms with van der Waals surface area (Å²) >= 11 is 0. The van der Waals surface area contributed by atoms with E-state index < -0.39 is 0 Å². The van der Waals surface area contributed by atoms with Crippen LogP contribution in [0.3, 0.4) is 0 Å². The van der Waals surface area contributed by atoms with Gasteiger partial charge in [-0.25, -0.2) is 0 Å². The van der Waals surface area contributed by atoms with Crippen LogP contribution in [0.4, 0.5) is 0 Å². The molecule has 0 amide bonds. The molecule has 0 saturated heterocycles. The third-order valence-corrected chi connectivity index (χ3v) is 8.45. The molecule has 0 aromatic heterocycles. The highest BCUT2D eigenvalue weighted by atomic mass is 14.3. The number of hydrogen-bond donors (Lipinski definition) is 0. The van der Waals surface area contributed by atoms with Gasteiger partial charge < -0.3 is 0 Å². The van der Waals surface area contributed by atoms with E-state index in [2.05, 4.69) is 167 Å². The lowest BCUT2D eigenvalue weighted by atomic mass is 9.71. The van der Waals surface area contributed by atoms with Crippen LogP contribution in [0, 0.1) is 17.8 Å². The summed E-state index contributed by atoms with van der Waals surface area (Å²) in [5, 5.41) is 2.55. The highest BCUT2D eigenvalue weighted by molar-refractivity contribution is 5.78.